The van der Waals surface area contributed by atoms with E-state index in [4.69, 9.17) is 16.1 Å². The minimum absolute atomic E-state index is 0.358. The summed E-state index contributed by atoms with van der Waals surface area (Å²) in [6.45, 7) is 0.397. The molecule has 0 aliphatic carbocycles. The SMILES string of the molecule is N#CC(O)CCCNC(N)=O. The highest BCUT2D eigenvalue weighted by Gasteiger charge is 1.99. The Morgan fingerprint density at radius 3 is 2.91 bits per heavy atom. The van der Waals surface area contributed by atoms with E-state index in [-0.39, 0.29) is 0 Å². The number of aliphatic hydroxyl groups excluding tert-OH is 1. The van der Waals surface area contributed by atoms with E-state index in [1.807, 2.05) is 0 Å². The summed E-state index contributed by atoms with van der Waals surface area (Å²) in [6.07, 6.45) is -0.0290. The van der Waals surface area contributed by atoms with Crippen molar-refractivity contribution >= 4 is 6.03 Å². The van der Waals surface area contributed by atoms with E-state index >= 15 is 0 Å². The van der Waals surface area contributed by atoms with Gasteiger partial charge in [-0.1, -0.05) is 0 Å². The minimum atomic E-state index is -0.940. The van der Waals surface area contributed by atoms with Crippen LogP contribution in [0.25, 0.3) is 0 Å². The van der Waals surface area contributed by atoms with Crippen molar-refractivity contribution in [3.8, 4) is 6.07 Å². The number of primary amides is 1. The first-order chi connectivity index (χ1) is 5.16. The fourth-order valence-corrected chi connectivity index (χ4v) is 0.572. The number of nitrogens with two attached hydrogens (primary N) is 1. The molecule has 0 aliphatic rings. The lowest BCUT2D eigenvalue weighted by atomic mass is 10.2. The highest BCUT2D eigenvalue weighted by molar-refractivity contribution is 5.71. The molecule has 0 heterocycles. The first kappa shape index (κ1) is 9.72. The quantitative estimate of drug-likeness (QED) is 0.372. The Balaban J connectivity index is 3.16. The summed E-state index contributed by atoms with van der Waals surface area (Å²) in [5.74, 6) is 0. The number of carbonyl (C=O) groups is 1. The van der Waals surface area contributed by atoms with Crippen molar-refractivity contribution in [2.24, 2.45) is 5.73 Å². The van der Waals surface area contributed by atoms with Gasteiger partial charge in [0.2, 0.25) is 0 Å². The Hall–Kier alpha value is -1.28. The number of hydrogen-bond donors (Lipinski definition) is 3. The zero-order valence-corrected chi connectivity index (χ0v) is 6.08. The van der Waals surface area contributed by atoms with Crippen LogP contribution in [-0.2, 0) is 0 Å². The third kappa shape index (κ3) is 6.61. The fourth-order valence-electron chi connectivity index (χ4n) is 0.572. The summed E-state index contributed by atoms with van der Waals surface area (Å²) in [6, 6.07) is 1.08. The Kier molecular flexibility index (Phi) is 4.86. The van der Waals surface area contributed by atoms with Crippen molar-refractivity contribution in [1.29, 1.82) is 5.26 Å². The Morgan fingerprint density at radius 1 is 1.82 bits per heavy atom. The lowest BCUT2D eigenvalue weighted by molar-refractivity contribution is 0.215. The number of nitrogens with one attached hydrogen (secondary N) is 1. The van der Waals surface area contributed by atoms with Crippen molar-refractivity contribution in [2.45, 2.75) is 18.9 Å². The normalized spacial score (nSPS) is 11.6. The first-order valence-electron chi connectivity index (χ1n) is 3.28. The lowest BCUT2D eigenvalue weighted by Gasteiger charge is -2.01. The van der Waals surface area contributed by atoms with Gasteiger partial charge in [0, 0.05) is 6.54 Å². The van der Waals surface area contributed by atoms with Gasteiger partial charge in [0.1, 0.15) is 6.10 Å². The Labute approximate surface area is 64.8 Å². The van der Waals surface area contributed by atoms with E-state index in [1.54, 1.807) is 6.07 Å². The topological polar surface area (TPSA) is 99.1 Å². The molecule has 0 bridgehead atoms. The van der Waals surface area contributed by atoms with Crippen molar-refractivity contribution in [3.63, 3.8) is 0 Å². The monoisotopic (exact) mass is 157 g/mol. The van der Waals surface area contributed by atoms with Crippen molar-refractivity contribution in [3.05, 3.63) is 0 Å². The van der Waals surface area contributed by atoms with E-state index in [0.717, 1.165) is 0 Å². The van der Waals surface area contributed by atoms with Gasteiger partial charge in [-0.05, 0) is 12.8 Å². The zero-order valence-electron chi connectivity index (χ0n) is 6.08. The van der Waals surface area contributed by atoms with Gasteiger partial charge in [0.25, 0.3) is 0 Å². The molecule has 0 aromatic rings. The molecule has 5 heteroatoms. The van der Waals surface area contributed by atoms with Crippen LogP contribution in [0.5, 0.6) is 0 Å². The average Bonchev–Trinajstić information content (AvgIpc) is 1.97. The van der Waals surface area contributed by atoms with Gasteiger partial charge in [-0.3, -0.25) is 0 Å². The maximum atomic E-state index is 10.1. The maximum absolute atomic E-state index is 10.1. The van der Waals surface area contributed by atoms with Crippen LogP contribution in [0, 0.1) is 11.3 Å². The molecule has 0 saturated carbocycles. The van der Waals surface area contributed by atoms with Crippen LogP contribution in [-0.4, -0.2) is 23.8 Å². The second-order valence-electron chi connectivity index (χ2n) is 2.08. The maximum Gasteiger partial charge on any atom is 0.312 e. The van der Waals surface area contributed by atoms with E-state index in [9.17, 15) is 4.79 Å². The summed E-state index contributed by atoms with van der Waals surface area (Å²) in [5.41, 5.74) is 4.76. The second-order valence-corrected chi connectivity index (χ2v) is 2.08. The molecular weight excluding hydrogens is 146 g/mol. The molecule has 2 amide bonds. The van der Waals surface area contributed by atoms with Crippen molar-refractivity contribution in [1.82, 2.24) is 5.32 Å². The van der Waals surface area contributed by atoms with Crippen LogP contribution in [0.1, 0.15) is 12.8 Å². The lowest BCUT2D eigenvalue weighted by Crippen LogP contribution is -2.30. The minimum Gasteiger partial charge on any atom is -0.378 e. The molecule has 0 spiro atoms. The standard InChI is InChI=1S/C6H11N3O2/c7-4-5(10)2-1-3-9-6(8)11/h5,10H,1-3H2,(H3,8,9,11). The summed E-state index contributed by atoms with van der Waals surface area (Å²) >= 11 is 0. The molecule has 0 rings (SSSR count). The van der Waals surface area contributed by atoms with Gasteiger partial charge in [0.15, 0.2) is 0 Å². The smallest absolute Gasteiger partial charge is 0.312 e. The number of aliphatic hydroxyl groups is 1. The molecule has 5 nitrogen and oxygen atoms in total. The van der Waals surface area contributed by atoms with E-state index in [2.05, 4.69) is 5.32 Å². The number of urea groups is 1. The predicted octanol–water partition coefficient (Wildman–Crippen LogP) is -0.681. The third-order valence-corrected chi connectivity index (χ3v) is 1.10. The molecule has 1 atom stereocenters. The van der Waals surface area contributed by atoms with E-state index < -0.39 is 12.1 Å². The molecule has 11 heavy (non-hydrogen) atoms. The third-order valence-electron chi connectivity index (χ3n) is 1.10. The number of nitriles is 1. The predicted molar refractivity (Wildman–Crippen MR) is 38.4 cm³/mol. The van der Waals surface area contributed by atoms with Gasteiger partial charge in [-0.25, -0.2) is 4.79 Å². The van der Waals surface area contributed by atoms with E-state index in [0.29, 0.717) is 19.4 Å². The molecular formula is C6H11N3O2. The number of carbonyl (C=O) groups excluding carboxylic acids is 1. The molecule has 4 N–H and O–H groups in total. The summed E-state index contributed by atoms with van der Waals surface area (Å²) in [7, 11) is 0. The molecule has 0 saturated heterocycles. The largest absolute Gasteiger partial charge is 0.378 e. The number of nitrogens with zero attached hydrogens (tertiary/aromatic N) is 1. The first-order valence-corrected chi connectivity index (χ1v) is 3.28. The van der Waals surface area contributed by atoms with Crippen LogP contribution < -0.4 is 11.1 Å². The number of amides is 2. The zero-order chi connectivity index (χ0) is 8.69. The molecule has 62 valence electrons. The van der Waals surface area contributed by atoms with Crippen LogP contribution in [0.3, 0.4) is 0 Å². The van der Waals surface area contributed by atoms with Crippen LogP contribution in [0.2, 0.25) is 0 Å². The molecule has 0 aromatic heterocycles. The van der Waals surface area contributed by atoms with E-state index in [1.165, 1.54) is 0 Å². The van der Waals surface area contributed by atoms with Crippen molar-refractivity contribution < 1.29 is 9.90 Å². The molecule has 1 unspecified atom stereocenters. The van der Waals surface area contributed by atoms with Gasteiger partial charge < -0.3 is 16.2 Å². The number of rotatable bonds is 4. The van der Waals surface area contributed by atoms with Gasteiger partial charge in [-0.2, -0.15) is 5.26 Å². The van der Waals surface area contributed by atoms with Crippen LogP contribution in [0.15, 0.2) is 0 Å². The highest BCUT2D eigenvalue weighted by atomic mass is 16.3. The number of hydrogen-bond acceptors (Lipinski definition) is 3. The average molecular weight is 157 g/mol. The summed E-state index contributed by atoms with van der Waals surface area (Å²) < 4.78 is 0. The van der Waals surface area contributed by atoms with Gasteiger partial charge in [0.05, 0.1) is 6.07 Å². The van der Waals surface area contributed by atoms with Gasteiger partial charge in [-0.15, -0.1) is 0 Å². The Morgan fingerprint density at radius 2 is 2.45 bits per heavy atom. The summed E-state index contributed by atoms with van der Waals surface area (Å²) in [4.78, 5) is 10.1. The molecule has 0 aromatic carbocycles. The molecule has 0 fully saturated rings. The highest BCUT2D eigenvalue weighted by Crippen LogP contribution is 1.92. The van der Waals surface area contributed by atoms with Gasteiger partial charge >= 0.3 is 6.03 Å². The van der Waals surface area contributed by atoms with Crippen LogP contribution >= 0.6 is 0 Å². The molecule has 0 radical (unpaired) electrons. The van der Waals surface area contributed by atoms with Crippen molar-refractivity contribution in [2.75, 3.05) is 6.54 Å². The fraction of sp³-hybridized carbons (Fsp3) is 0.667. The van der Waals surface area contributed by atoms with Crippen LogP contribution in [0.4, 0.5) is 4.79 Å². The molecule has 0 aliphatic heterocycles. The Bertz CT molecular complexity index is 164. The summed E-state index contributed by atoms with van der Waals surface area (Å²) in [5, 5.41) is 19.2. The second kappa shape index (κ2) is 5.50.